The van der Waals surface area contributed by atoms with Crippen LogP contribution in [0.5, 0.6) is 0 Å². The molecule has 5 nitrogen and oxygen atoms in total. The molecule has 0 aromatic carbocycles. The van der Waals surface area contributed by atoms with E-state index < -0.39 is 6.17 Å². The Morgan fingerprint density at radius 3 is 2.65 bits per heavy atom. The van der Waals surface area contributed by atoms with Crippen molar-refractivity contribution in [2.45, 2.75) is 38.0 Å². The van der Waals surface area contributed by atoms with Crippen LogP contribution in [0.15, 0.2) is 52.2 Å². The third-order valence-corrected chi connectivity index (χ3v) is 9.92. The van der Waals surface area contributed by atoms with Crippen LogP contribution in [0.25, 0.3) is 0 Å². The van der Waals surface area contributed by atoms with E-state index in [1.54, 1.807) is 0 Å². The number of piperidine rings is 1. The smallest absolute Gasteiger partial charge is 0.113 e. The van der Waals surface area contributed by atoms with Crippen molar-refractivity contribution in [3.63, 3.8) is 0 Å². The number of halogens is 2. The number of hydrogen-bond acceptors (Lipinski definition) is 5. The summed E-state index contributed by atoms with van der Waals surface area (Å²) in [4.78, 5) is 14.3. The highest BCUT2D eigenvalue weighted by Gasteiger charge is 2.39. The van der Waals surface area contributed by atoms with E-state index >= 15 is 0 Å². The van der Waals surface area contributed by atoms with Crippen molar-refractivity contribution in [2.24, 2.45) is 0 Å². The van der Waals surface area contributed by atoms with Crippen LogP contribution in [0.1, 0.15) is 30.1 Å². The van der Waals surface area contributed by atoms with E-state index in [1.807, 2.05) is 12.3 Å². The first-order valence-electron chi connectivity index (χ1n) is 11.1. The number of fused-ring (bicyclic) bond motifs is 1. The number of alkyl halides is 1. The number of piperazine rings is 1. The largest absolute Gasteiger partial charge is 0.355 e. The van der Waals surface area contributed by atoms with Gasteiger partial charge in [-0.3, -0.25) is 14.8 Å². The summed E-state index contributed by atoms with van der Waals surface area (Å²) in [6, 6.07) is 4.22. The fourth-order valence-electron chi connectivity index (χ4n) is 4.98. The van der Waals surface area contributed by atoms with Gasteiger partial charge in [0.05, 0.1) is 15.4 Å². The van der Waals surface area contributed by atoms with Gasteiger partial charge in [-0.1, -0.05) is 32.9 Å². The lowest BCUT2D eigenvalue weighted by Crippen LogP contribution is -2.47. The average Bonchev–Trinajstić information content (AvgIpc) is 3.20. The molecule has 5 heterocycles. The van der Waals surface area contributed by atoms with Crippen LogP contribution < -0.4 is 0 Å². The molecule has 1 aromatic heterocycles. The summed E-state index contributed by atoms with van der Waals surface area (Å²) in [6.07, 6.45) is 11.2. The highest BCUT2D eigenvalue weighted by atomic mass is 127. The Balaban J connectivity index is 1.41. The molecule has 0 N–H and O–H groups in total. The zero-order valence-electron chi connectivity index (χ0n) is 18.5. The number of pyridine rings is 1. The van der Waals surface area contributed by atoms with Crippen molar-refractivity contribution in [1.82, 2.24) is 24.6 Å². The van der Waals surface area contributed by atoms with Gasteiger partial charge in [-0.05, 0) is 57.6 Å². The van der Waals surface area contributed by atoms with Gasteiger partial charge in [0.1, 0.15) is 12.0 Å². The molecule has 0 radical (unpaired) electrons. The molecule has 166 valence electrons. The van der Waals surface area contributed by atoms with Gasteiger partial charge < -0.3 is 9.80 Å². The predicted octanol–water partition coefficient (Wildman–Crippen LogP) is 3.78. The third-order valence-electron chi connectivity index (χ3n) is 6.87. The molecule has 0 amide bonds. The number of aromatic nitrogens is 1. The average molecular weight is 535 g/mol. The van der Waals surface area contributed by atoms with Crippen LogP contribution in [0.3, 0.4) is 0 Å². The van der Waals surface area contributed by atoms with E-state index in [2.05, 4.69) is 76.1 Å². The Labute approximate surface area is 194 Å². The number of likely N-dealkylation sites (N-methyl/N-ethyl adjacent to an activating group) is 2. The maximum Gasteiger partial charge on any atom is 0.113 e. The molecule has 5 rings (SSSR count). The molecule has 0 unspecified atom stereocenters. The summed E-state index contributed by atoms with van der Waals surface area (Å²) in [7, 11) is 4.35. The zero-order chi connectivity index (χ0) is 21.5. The molecule has 2 fully saturated rings. The molecule has 0 bridgehead atoms. The Bertz CT molecular complexity index is 962. The van der Waals surface area contributed by atoms with Gasteiger partial charge in [0.25, 0.3) is 0 Å². The molecule has 3 atom stereocenters. The molecular formula is C24H31FIN5. The maximum absolute atomic E-state index is 15.0. The monoisotopic (exact) mass is 535 g/mol. The number of nitrogens with zero attached hydrogens (tertiary/aromatic N) is 5. The summed E-state index contributed by atoms with van der Waals surface area (Å²) >= 11 is -0.303. The summed E-state index contributed by atoms with van der Waals surface area (Å²) in [5.74, 6) is 1.28. The van der Waals surface area contributed by atoms with Gasteiger partial charge in [-0.25, -0.2) is 4.39 Å². The van der Waals surface area contributed by atoms with Crippen LogP contribution in [0.2, 0.25) is 0 Å². The predicted molar refractivity (Wildman–Crippen MR) is 133 cm³/mol. The molecule has 4 aliphatic heterocycles. The summed E-state index contributed by atoms with van der Waals surface area (Å²) in [6.45, 7) is 6.38. The molecule has 0 aliphatic carbocycles. The highest BCUT2D eigenvalue weighted by molar-refractivity contribution is 14.2. The first kappa shape index (κ1) is 21.3. The Kier molecular flexibility index (Phi) is 6.00. The first-order chi connectivity index (χ1) is 15.0. The van der Waals surface area contributed by atoms with Gasteiger partial charge in [0.15, 0.2) is 0 Å². The second-order valence-electron chi connectivity index (χ2n) is 8.95. The van der Waals surface area contributed by atoms with Crippen LogP contribution >= 0.6 is 20.7 Å². The van der Waals surface area contributed by atoms with Crippen molar-refractivity contribution < 1.29 is 4.39 Å². The molecular weight excluding hydrogens is 504 g/mol. The fourth-order valence-corrected chi connectivity index (χ4v) is 8.12. The number of hydrogen-bond donors (Lipinski definition) is 0. The number of allylic oxidation sites excluding steroid dienone is 2. The van der Waals surface area contributed by atoms with Crippen LogP contribution in [0, 0.1) is 6.92 Å². The summed E-state index contributed by atoms with van der Waals surface area (Å²) in [5.41, 5.74) is 2.18. The normalized spacial score (nSPS) is 29.8. The highest BCUT2D eigenvalue weighted by Crippen LogP contribution is 2.43. The van der Waals surface area contributed by atoms with Crippen LogP contribution in [-0.4, -0.2) is 80.7 Å². The Morgan fingerprint density at radius 2 is 1.87 bits per heavy atom. The van der Waals surface area contributed by atoms with Crippen molar-refractivity contribution in [3.05, 3.63) is 63.4 Å². The Morgan fingerprint density at radius 1 is 1.10 bits per heavy atom. The topological polar surface area (TPSA) is 25.9 Å². The van der Waals surface area contributed by atoms with E-state index in [0.29, 0.717) is 12.8 Å². The minimum Gasteiger partial charge on any atom is -0.355 e. The van der Waals surface area contributed by atoms with Crippen LogP contribution in [-0.2, 0) is 0 Å². The van der Waals surface area contributed by atoms with E-state index in [9.17, 15) is 4.39 Å². The minimum absolute atomic E-state index is 0.0330. The number of rotatable bonds is 3. The Hall–Kier alpha value is -1.58. The SMILES string of the molecule is Cc1cccnc1[C@@H]1C[C@@H](F)C[C@H](C2=CN3C(N4CCN(C)CC4)=CC=CC3=I2)N1C. The minimum atomic E-state index is -0.789. The lowest BCUT2D eigenvalue weighted by molar-refractivity contribution is 0.0764. The van der Waals surface area contributed by atoms with Crippen molar-refractivity contribution >= 4 is 24.4 Å². The van der Waals surface area contributed by atoms with E-state index in [1.165, 1.54) is 13.0 Å². The lowest BCUT2D eigenvalue weighted by Gasteiger charge is -2.41. The molecule has 0 spiro atoms. The van der Waals surface area contributed by atoms with Crippen molar-refractivity contribution in [1.29, 1.82) is 0 Å². The molecule has 7 heteroatoms. The van der Waals surface area contributed by atoms with Gasteiger partial charge in [0.2, 0.25) is 0 Å². The number of aryl methyl sites for hydroxylation is 1. The van der Waals surface area contributed by atoms with Gasteiger partial charge in [-0.15, -0.1) is 0 Å². The first-order valence-corrected chi connectivity index (χ1v) is 13.3. The van der Waals surface area contributed by atoms with Crippen molar-refractivity contribution in [2.75, 3.05) is 40.3 Å². The molecule has 0 saturated carbocycles. The molecule has 2 saturated heterocycles. The van der Waals surface area contributed by atoms with Crippen molar-refractivity contribution in [3.8, 4) is 0 Å². The lowest BCUT2D eigenvalue weighted by atomic mass is 9.91. The number of likely N-dealkylation sites (tertiary alicyclic amines) is 1. The molecule has 4 aliphatic rings. The second kappa shape index (κ2) is 8.75. The van der Waals surface area contributed by atoms with Gasteiger partial charge >= 0.3 is 0 Å². The standard InChI is InChI=1S/C24H31FIN5/c1-17-6-5-9-27-24(17)21-15-18(25)14-20(29(21)3)19-16-31-22(26-19)7-4-8-23(31)30-12-10-28(2)11-13-30/h4-9,16,18,20-21H,10-15H2,1-3H3/t18-,20+,21-/m0/s1. The maximum atomic E-state index is 15.0. The molecule has 1 aromatic rings. The van der Waals surface area contributed by atoms with Crippen LogP contribution in [0.4, 0.5) is 4.39 Å². The van der Waals surface area contributed by atoms with E-state index in [0.717, 1.165) is 37.4 Å². The second-order valence-corrected chi connectivity index (χ2v) is 11.8. The van der Waals surface area contributed by atoms with Gasteiger partial charge in [-0.2, -0.15) is 0 Å². The quantitative estimate of drug-likeness (QED) is 0.550. The summed E-state index contributed by atoms with van der Waals surface area (Å²) in [5, 5.41) is 0. The van der Waals surface area contributed by atoms with E-state index in [4.69, 9.17) is 0 Å². The fraction of sp³-hybridized carbons (Fsp3) is 0.500. The third kappa shape index (κ3) is 4.12. The zero-order valence-corrected chi connectivity index (χ0v) is 20.7. The van der Waals surface area contributed by atoms with Gasteiger partial charge in [0, 0.05) is 48.2 Å². The molecule has 31 heavy (non-hydrogen) atoms. The summed E-state index contributed by atoms with van der Waals surface area (Å²) < 4.78 is 17.8. The van der Waals surface area contributed by atoms with E-state index in [-0.39, 0.29) is 32.8 Å².